The van der Waals surface area contributed by atoms with Gasteiger partial charge in [-0.2, -0.15) is 22.5 Å². The summed E-state index contributed by atoms with van der Waals surface area (Å²) < 4.78 is 44.8. The zero-order valence-electron chi connectivity index (χ0n) is 8.62. The number of anilines is 1. The molecule has 0 aliphatic carbocycles. The van der Waals surface area contributed by atoms with Crippen LogP contribution in [0.5, 0.6) is 0 Å². The predicted octanol–water partition coefficient (Wildman–Crippen LogP) is 1.12. The average molecular weight is 269 g/mol. The lowest BCUT2D eigenvalue weighted by Crippen LogP contribution is -2.37. The maximum Gasteiger partial charge on any atom is 0.452 e. The van der Waals surface area contributed by atoms with E-state index < -0.39 is 17.6 Å². The van der Waals surface area contributed by atoms with Gasteiger partial charge in [0.2, 0.25) is 11.0 Å². The van der Waals surface area contributed by atoms with Crippen LogP contribution in [0, 0.1) is 0 Å². The van der Waals surface area contributed by atoms with Crippen LogP contribution in [-0.2, 0) is 10.9 Å². The summed E-state index contributed by atoms with van der Waals surface area (Å²) in [6.07, 6.45) is -4.09. The summed E-state index contributed by atoms with van der Waals surface area (Å²) in [5.41, 5.74) is -1.04. The Bertz CT molecular complexity index is 390. The SMILES string of the molecule is OC1(CNc2nc(C(F)(F)F)ns2)CCOC1. The normalized spacial score (nSPS) is 25.2. The minimum atomic E-state index is -4.54. The van der Waals surface area contributed by atoms with Gasteiger partial charge in [-0.1, -0.05) is 0 Å². The van der Waals surface area contributed by atoms with Crippen molar-refractivity contribution in [2.75, 3.05) is 25.1 Å². The third-order valence-electron chi connectivity index (χ3n) is 2.33. The maximum atomic E-state index is 12.2. The summed E-state index contributed by atoms with van der Waals surface area (Å²) in [7, 11) is 0. The molecule has 0 amide bonds. The van der Waals surface area contributed by atoms with Crippen molar-refractivity contribution in [3.05, 3.63) is 5.82 Å². The lowest BCUT2D eigenvalue weighted by Gasteiger charge is -2.19. The molecule has 2 N–H and O–H groups in total. The molecular weight excluding hydrogens is 259 g/mol. The van der Waals surface area contributed by atoms with Crippen molar-refractivity contribution >= 4 is 16.7 Å². The van der Waals surface area contributed by atoms with E-state index in [9.17, 15) is 18.3 Å². The molecule has 0 bridgehead atoms. The number of hydrogen-bond donors (Lipinski definition) is 2. The summed E-state index contributed by atoms with van der Waals surface area (Å²) >= 11 is 0.614. The summed E-state index contributed by atoms with van der Waals surface area (Å²) in [5.74, 6) is -1.17. The van der Waals surface area contributed by atoms with Crippen LogP contribution in [0.25, 0.3) is 0 Å². The van der Waals surface area contributed by atoms with Crippen molar-refractivity contribution in [1.82, 2.24) is 9.36 Å². The summed E-state index contributed by atoms with van der Waals surface area (Å²) in [6.45, 7) is 0.715. The second kappa shape index (κ2) is 4.39. The molecule has 1 aromatic heterocycles. The third-order valence-corrected chi connectivity index (χ3v) is 3.00. The van der Waals surface area contributed by atoms with E-state index in [0.29, 0.717) is 24.6 Å². The molecule has 1 saturated heterocycles. The molecule has 0 aromatic carbocycles. The highest BCUT2D eigenvalue weighted by Gasteiger charge is 2.37. The minimum absolute atomic E-state index is 0.0395. The molecule has 96 valence electrons. The smallest absolute Gasteiger partial charge is 0.386 e. The van der Waals surface area contributed by atoms with Gasteiger partial charge in [0.15, 0.2) is 0 Å². The number of alkyl halides is 3. The summed E-state index contributed by atoms with van der Waals surface area (Å²) in [6, 6.07) is 0. The quantitative estimate of drug-likeness (QED) is 0.860. The first-order chi connectivity index (χ1) is 7.89. The van der Waals surface area contributed by atoms with Crippen LogP contribution in [0.1, 0.15) is 12.2 Å². The molecule has 2 heterocycles. The van der Waals surface area contributed by atoms with Crippen molar-refractivity contribution in [1.29, 1.82) is 0 Å². The molecular formula is C8H10F3N3O2S. The number of rotatable bonds is 3. The largest absolute Gasteiger partial charge is 0.452 e. The zero-order chi connectivity index (χ0) is 12.5. The Morgan fingerprint density at radius 1 is 1.53 bits per heavy atom. The van der Waals surface area contributed by atoms with Gasteiger partial charge in [0.1, 0.15) is 5.60 Å². The van der Waals surface area contributed by atoms with Gasteiger partial charge >= 0.3 is 6.18 Å². The van der Waals surface area contributed by atoms with E-state index in [2.05, 4.69) is 14.7 Å². The number of nitrogens with one attached hydrogen (secondary N) is 1. The van der Waals surface area contributed by atoms with Crippen molar-refractivity contribution in [3.8, 4) is 0 Å². The molecule has 5 nitrogen and oxygen atoms in total. The van der Waals surface area contributed by atoms with Gasteiger partial charge in [0.25, 0.3) is 0 Å². The predicted molar refractivity (Wildman–Crippen MR) is 53.8 cm³/mol. The van der Waals surface area contributed by atoms with Gasteiger partial charge in [-0.3, -0.25) is 0 Å². The van der Waals surface area contributed by atoms with Crippen LogP contribution in [0.15, 0.2) is 0 Å². The van der Waals surface area contributed by atoms with Crippen molar-refractivity contribution in [2.45, 2.75) is 18.2 Å². The van der Waals surface area contributed by atoms with Crippen LogP contribution >= 0.6 is 11.5 Å². The van der Waals surface area contributed by atoms with E-state index in [-0.39, 0.29) is 18.3 Å². The second-order valence-electron chi connectivity index (χ2n) is 3.80. The minimum Gasteiger partial charge on any atom is -0.386 e. The molecule has 9 heteroatoms. The number of ether oxygens (including phenoxy) is 1. The molecule has 2 rings (SSSR count). The summed E-state index contributed by atoms with van der Waals surface area (Å²) in [4.78, 5) is 3.29. The van der Waals surface area contributed by atoms with Gasteiger partial charge in [0.05, 0.1) is 6.61 Å². The van der Waals surface area contributed by atoms with Gasteiger partial charge in [-0.05, 0) is 0 Å². The molecule has 0 radical (unpaired) electrons. The molecule has 0 spiro atoms. The van der Waals surface area contributed by atoms with Crippen LogP contribution < -0.4 is 5.32 Å². The monoisotopic (exact) mass is 269 g/mol. The fourth-order valence-electron chi connectivity index (χ4n) is 1.39. The Morgan fingerprint density at radius 2 is 2.29 bits per heavy atom. The molecule has 1 aliphatic heterocycles. The van der Waals surface area contributed by atoms with E-state index in [1.807, 2.05) is 0 Å². The number of halogens is 3. The Kier molecular flexibility index (Phi) is 3.23. The number of hydrogen-bond acceptors (Lipinski definition) is 6. The van der Waals surface area contributed by atoms with Crippen LogP contribution in [0.3, 0.4) is 0 Å². The molecule has 1 atom stereocenters. The molecule has 1 aromatic rings. The fourth-order valence-corrected chi connectivity index (χ4v) is 1.97. The first-order valence-electron chi connectivity index (χ1n) is 4.84. The molecule has 17 heavy (non-hydrogen) atoms. The number of aliphatic hydroxyl groups is 1. The van der Waals surface area contributed by atoms with Gasteiger partial charge in [-0.15, -0.1) is 0 Å². The average Bonchev–Trinajstić information content (AvgIpc) is 2.83. The van der Waals surface area contributed by atoms with E-state index in [4.69, 9.17) is 4.74 Å². The second-order valence-corrected chi connectivity index (χ2v) is 4.55. The highest BCUT2D eigenvalue weighted by molar-refractivity contribution is 7.09. The van der Waals surface area contributed by atoms with E-state index in [1.54, 1.807) is 0 Å². The lowest BCUT2D eigenvalue weighted by atomic mass is 10.0. The number of nitrogens with zero attached hydrogens (tertiary/aromatic N) is 2. The molecule has 0 saturated carbocycles. The fraction of sp³-hybridized carbons (Fsp3) is 0.750. The van der Waals surface area contributed by atoms with E-state index >= 15 is 0 Å². The Balaban J connectivity index is 1.93. The first-order valence-corrected chi connectivity index (χ1v) is 5.61. The van der Waals surface area contributed by atoms with Gasteiger partial charge < -0.3 is 15.2 Å². The number of aromatic nitrogens is 2. The van der Waals surface area contributed by atoms with Gasteiger partial charge in [-0.25, -0.2) is 0 Å². The first kappa shape index (κ1) is 12.5. The molecule has 1 unspecified atom stereocenters. The summed E-state index contributed by atoms with van der Waals surface area (Å²) in [5, 5.41) is 12.5. The highest BCUT2D eigenvalue weighted by atomic mass is 32.1. The van der Waals surface area contributed by atoms with Gasteiger partial charge in [0, 0.05) is 31.1 Å². The van der Waals surface area contributed by atoms with E-state index in [1.165, 1.54) is 0 Å². The Morgan fingerprint density at radius 3 is 2.82 bits per heavy atom. The molecule has 1 aliphatic rings. The highest BCUT2D eigenvalue weighted by Crippen LogP contribution is 2.29. The zero-order valence-corrected chi connectivity index (χ0v) is 9.44. The van der Waals surface area contributed by atoms with Crippen LogP contribution in [-0.4, -0.2) is 39.8 Å². The Labute approximate surface area is 98.8 Å². The van der Waals surface area contributed by atoms with E-state index in [0.717, 1.165) is 0 Å². The van der Waals surface area contributed by atoms with Crippen molar-refractivity contribution < 1.29 is 23.0 Å². The lowest BCUT2D eigenvalue weighted by molar-refractivity contribution is -0.144. The van der Waals surface area contributed by atoms with Crippen molar-refractivity contribution in [3.63, 3.8) is 0 Å². The van der Waals surface area contributed by atoms with Crippen LogP contribution in [0.2, 0.25) is 0 Å². The third kappa shape index (κ3) is 3.05. The maximum absolute atomic E-state index is 12.2. The standard InChI is InChI=1S/C8H10F3N3O2S/c9-8(10,11)5-13-6(17-14-5)12-3-7(15)1-2-16-4-7/h15H,1-4H2,(H,12,13,14). The van der Waals surface area contributed by atoms with Crippen molar-refractivity contribution in [2.24, 2.45) is 0 Å². The Hall–Kier alpha value is -0.930. The van der Waals surface area contributed by atoms with Crippen LogP contribution in [0.4, 0.5) is 18.3 Å². The topological polar surface area (TPSA) is 67.3 Å². The molecule has 1 fully saturated rings.